The van der Waals surface area contributed by atoms with Gasteiger partial charge in [-0.1, -0.05) is 6.07 Å². The van der Waals surface area contributed by atoms with E-state index in [0.717, 1.165) is 0 Å². The SMILES string of the molecule is COc1ccc(CNC(=O)c2ccc(NC(C)C)nc2)cc1F. The van der Waals surface area contributed by atoms with Crippen molar-refractivity contribution in [1.82, 2.24) is 10.3 Å². The van der Waals surface area contributed by atoms with E-state index >= 15 is 0 Å². The van der Waals surface area contributed by atoms with E-state index in [2.05, 4.69) is 15.6 Å². The van der Waals surface area contributed by atoms with Gasteiger partial charge in [-0.15, -0.1) is 0 Å². The summed E-state index contributed by atoms with van der Waals surface area (Å²) in [6.07, 6.45) is 1.51. The molecule has 5 nitrogen and oxygen atoms in total. The molecule has 0 aliphatic rings. The first kappa shape index (κ1) is 16.7. The summed E-state index contributed by atoms with van der Waals surface area (Å²) in [6.45, 7) is 4.25. The number of nitrogens with one attached hydrogen (secondary N) is 2. The summed E-state index contributed by atoms with van der Waals surface area (Å²) in [6, 6.07) is 8.30. The van der Waals surface area contributed by atoms with E-state index in [9.17, 15) is 9.18 Å². The van der Waals surface area contributed by atoms with Crippen molar-refractivity contribution in [2.45, 2.75) is 26.4 Å². The summed E-state index contributed by atoms with van der Waals surface area (Å²) in [5.74, 6) is 0.182. The molecule has 1 amide bonds. The fraction of sp³-hybridized carbons (Fsp3) is 0.294. The Hall–Kier alpha value is -2.63. The summed E-state index contributed by atoms with van der Waals surface area (Å²) in [5.41, 5.74) is 1.11. The number of hydrogen-bond acceptors (Lipinski definition) is 4. The number of amides is 1. The van der Waals surface area contributed by atoms with Crippen LogP contribution in [-0.2, 0) is 6.54 Å². The highest BCUT2D eigenvalue weighted by Gasteiger charge is 2.08. The number of anilines is 1. The van der Waals surface area contributed by atoms with E-state index in [0.29, 0.717) is 16.9 Å². The average Bonchev–Trinajstić information content (AvgIpc) is 2.53. The number of methoxy groups -OCH3 is 1. The lowest BCUT2D eigenvalue weighted by molar-refractivity contribution is 0.0950. The molecule has 23 heavy (non-hydrogen) atoms. The number of ether oxygens (including phenoxy) is 1. The minimum atomic E-state index is -0.454. The lowest BCUT2D eigenvalue weighted by atomic mass is 10.2. The molecule has 2 N–H and O–H groups in total. The van der Waals surface area contributed by atoms with Crippen molar-refractivity contribution in [3.8, 4) is 5.75 Å². The fourth-order valence-corrected chi connectivity index (χ4v) is 2.01. The summed E-state index contributed by atoms with van der Waals surface area (Å²) in [7, 11) is 1.41. The van der Waals surface area contributed by atoms with Crippen LogP contribution in [0, 0.1) is 5.82 Å². The van der Waals surface area contributed by atoms with Crippen molar-refractivity contribution >= 4 is 11.7 Å². The Labute approximate surface area is 134 Å². The van der Waals surface area contributed by atoms with Gasteiger partial charge in [-0.3, -0.25) is 4.79 Å². The van der Waals surface area contributed by atoms with Crippen molar-refractivity contribution in [2.75, 3.05) is 12.4 Å². The third-order valence-electron chi connectivity index (χ3n) is 3.13. The Bertz CT molecular complexity index is 672. The number of hydrogen-bond donors (Lipinski definition) is 2. The molecule has 2 aromatic rings. The van der Waals surface area contributed by atoms with Crippen molar-refractivity contribution in [3.05, 3.63) is 53.5 Å². The lowest BCUT2D eigenvalue weighted by Crippen LogP contribution is -2.23. The highest BCUT2D eigenvalue weighted by molar-refractivity contribution is 5.94. The second kappa shape index (κ2) is 7.58. The van der Waals surface area contributed by atoms with Crippen molar-refractivity contribution in [2.24, 2.45) is 0 Å². The Kier molecular flexibility index (Phi) is 5.51. The van der Waals surface area contributed by atoms with Crippen molar-refractivity contribution < 1.29 is 13.9 Å². The van der Waals surface area contributed by atoms with Crippen molar-refractivity contribution in [3.63, 3.8) is 0 Å². The van der Waals surface area contributed by atoms with E-state index in [-0.39, 0.29) is 24.2 Å². The Balaban J connectivity index is 1.95. The van der Waals surface area contributed by atoms with Crippen molar-refractivity contribution in [1.29, 1.82) is 0 Å². The molecule has 0 aliphatic heterocycles. The maximum atomic E-state index is 13.6. The maximum absolute atomic E-state index is 13.6. The molecule has 0 atom stereocenters. The van der Waals surface area contributed by atoms with Crippen LogP contribution in [0.1, 0.15) is 29.8 Å². The summed E-state index contributed by atoms with van der Waals surface area (Å²) in [4.78, 5) is 16.3. The minimum Gasteiger partial charge on any atom is -0.494 e. The molecular formula is C17H20FN3O2. The van der Waals surface area contributed by atoms with Gasteiger partial charge in [0, 0.05) is 18.8 Å². The molecule has 0 fully saturated rings. The smallest absolute Gasteiger partial charge is 0.253 e. The van der Waals surface area contributed by atoms with E-state index in [1.165, 1.54) is 25.4 Å². The standard InChI is InChI=1S/C17H20FN3O2/c1-11(2)21-16-7-5-13(10-19-16)17(22)20-9-12-4-6-15(23-3)14(18)8-12/h4-8,10-11H,9H2,1-3H3,(H,19,21)(H,20,22). The van der Waals surface area contributed by atoms with Gasteiger partial charge in [0.1, 0.15) is 5.82 Å². The van der Waals surface area contributed by atoms with E-state index < -0.39 is 5.82 Å². The van der Waals surface area contributed by atoms with E-state index in [4.69, 9.17) is 4.74 Å². The molecule has 1 heterocycles. The van der Waals surface area contributed by atoms with Gasteiger partial charge >= 0.3 is 0 Å². The van der Waals surface area contributed by atoms with Gasteiger partial charge < -0.3 is 15.4 Å². The molecule has 0 bridgehead atoms. The third-order valence-corrected chi connectivity index (χ3v) is 3.13. The molecule has 0 radical (unpaired) electrons. The lowest BCUT2D eigenvalue weighted by Gasteiger charge is -2.10. The highest BCUT2D eigenvalue weighted by Crippen LogP contribution is 2.17. The topological polar surface area (TPSA) is 63.2 Å². The van der Waals surface area contributed by atoms with Crippen LogP contribution in [0.15, 0.2) is 36.5 Å². The molecule has 122 valence electrons. The van der Waals surface area contributed by atoms with E-state index in [1.807, 2.05) is 13.8 Å². The summed E-state index contributed by atoms with van der Waals surface area (Å²) >= 11 is 0. The van der Waals surface area contributed by atoms with Crippen LogP contribution in [0.4, 0.5) is 10.2 Å². The zero-order chi connectivity index (χ0) is 16.8. The van der Waals surface area contributed by atoms with Crippen LogP contribution in [0.3, 0.4) is 0 Å². The van der Waals surface area contributed by atoms with Gasteiger partial charge in [0.05, 0.1) is 12.7 Å². The molecule has 6 heteroatoms. The number of nitrogens with zero attached hydrogens (tertiary/aromatic N) is 1. The normalized spacial score (nSPS) is 10.5. The van der Waals surface area contributed by atoms with Gasteiger partial charge in [0.25, 0.3) is 5.91 Å². The fourth-order valence-electron chi connectivity index (χ4n) is 2.01. The molecular weight excluding hydrogens is 297 g/mol. The van der Waals surface area contributed by atoms with Crippen LogP contribution in [-0.4, -0.2) is 24.0 Å². The number of rotatable bonds is 6. The first-order valence-corrected chi connectivity index (χ1v) is 7.33. The number of carbonyl (C=O) groups excluding carboxylic acids is 1. The van der Waals surface area contributed by atoms with E-state index in [1.54, 1.807) is 18.2 Å². The third kappa shape index (κ3) is 4.67. The Morgan fingerprint density at radius 2 is 2.09 bits per heavy atom. The van der Waals surface area contributed by atoms with Crippen LogP contribution in [0.5, 0.6) is 5.75 Å². The second-order valence-corrected chi connectivity index (χ2v) is 5.38. The molecule has 2 rings (SSSR count). The van der Waals surface area contributed by atoms with Gasteiger partial charge in [-0.05, 0) is 43.7 Å². The first-order chi connectivity index (χ1) is 11.0. The molecule has 0 spiro atoms. The van der Waals surface area contributed by atoms with Crippen LogP contribution < -0.4 is 15.4 Å². The van der Waals surface area contributed by atoms with Gasteiger partial charge in [0.2, 0.25) is 0 Å². The summed E-state index contributed by atoms with van der Waals surface area (Å²) < 4.78 is 18.4. The predicted octanol–water partition coefficient (Wildman–Crippen LogP) is 2.98. The number of halogens is 1. The molecule has 1 aromatic heterocycles. The van der Waals surface area contributed by atoms with Gasteiger partial charge in [0.15, 0.2) is 11.6 Å². The minimum absolute atomic E-state index is 0.178. The molecule has 0 saturated carbocycles. The van der Waals surface area contributed by atoms with Crippen LogP contribution in [0.25, 0.3) is 0 Å². The highest BCUT2D eigenvalue weighted by atomic mass is 19.1. The number of pyridine rings is 1. The maximum Gasteiger partial charge on any atom is 0.253 e. The predicted molar refractivity (Wildman–Crippen MR) is 87.1 cm³/mol. The largest absolute Gasteiger partial charge is 0.494 e. The molecule has 0 aliphatic carbocycles. The Morgan fingerprint density at radius 1 is 1.30 bits per heavy atom. The van der Waals surface area contributed by atoms with Gasteiger partial charge in [-0.2, -0.15) is 0 Å². The molecule has 0 saturated heterocycles. The first-order valence-electron chi connectivity index (χ1n) is 7.33. The molecule has 0 unspecified atom stereocenters. The average molecular weight is 317 g/mol. The zero-order valence-corrected chi connectivity index (χ0v) is 13.4. The number of aromatic nitrogens is 1. The van der Waals surface area contributed by atoms with Gasteiger partial charge in [-0.25, -0.2) is 9.37 Å². The number of benzene rings is 1. The van der Waals surface area contributed by atoms with Crippen LogP contribution >= 0.6 is 0 Å². The summed E-state index contributed by atoms with van der Waals surface area (Å²) in [5, 5.41) is 5.88. The Morgan fingerprint density at radius 3 is 2.65 bits per heavy atom. The monoisotopic (exact) mass is 317 g/mol. The number of carbonyl (C=O) groups is 1. The van der Waals surface area contributed by atoms with Crippen LogP contribution in [0.2, 0.25) is 0 Å². The molecule has 1 aromatic carbocycles. The quantitative estimate of drug-likeness (QED) is 0.860. The second-order valence-electron chi connectivity index (χ2n) is 5.38. The zero-order valence-electron chi connectivity index (χ0n) is 13.4.